The normalized spacial score (nSPS) is 16.2. The Morgan fingerprint density at radius 3 is 2.76 bits per heavy atom. The Kier molecular flexibility index (Phi) is 4.68. The Bertz CT molecular complexity index is 849. The molecule has 0 spiro atoms. The van der Waals surface area contributed by atoms with Crippen molar-refractivity contribution in [2.75, 3.05) is 12.0 Å². The van der Waals surface area contributed by atoms with E-state index >= 15 is 0 Å². The fourth-order valence-corrected chi connectivity index (χ4v) is 3.10. The molecule has 0 fully saturated rings. The lowest BCUT2D eigenvalue weighted by Gasteiger charge is -2.34. The predicted octanol–water partition coefficient (Wildman–Crippen LogP) is 3.87. The van der Waals surface area contributed by atoms with Gasteiger partial charge in [-0.3, -0.25) is 9.59 Å². The SMILES string of the molecule is COc1ccc(Cl)cc1CN1C(=O)C(C)Oc2c(C(C)=O)cccc21. The summed E-state index contributed by atoms with van der Waals surface area (Å²) in [4.78, 5) is 26.2. The zero-order valence-corrected chi connectivity index (χ0v) is 15.0. The van der Waals surface area contributed by atoms with Crippen LogP contribution in [0.5, 0.6) is 11.5 Å². The molecule has 0 radical (unpaired) electrons. The summed E-state index contributed by atoms with van der Waals surface area (Å²) in [5.41, 5.74) is 1.80. The second kappa shape index (κ2) is 6.76. The van der Waals surface area contributed by atoms with Gasteiger partial charge in [-0.05, 0) is 44.2 Å². The fourth-order valence-electron chi connectivity index (χ4n) is 2.91. The molecule has 0 saturated carbocycles. The summed E-state index contributed by atoms with van der Waals surface area (Å²) >= 11 is 6.10. The van der Waals surface area contributed by atoms with Crippen LogP contribution >= 0.6 is 11.6 Å². The minimum absolute atomic E-state index is 0.112. The maximum Gasteiger partial charge on any atom is 0.268 e. The Balaban J connectivity index is 2.08. The number of hydrogen-bond donors (Lipinski definition) is 0. The number of methoxy groups -OCH3 is 1. The van der Waals surface area contributed by atoms with Gasteiger partial charge < -0.3 is 14.4 Å². The number of amides is 1. The average Bonchev–Trinajstić information content (AvgIpc) is 2.58. The van der Waals surface area contributed by atoms with Crippen LogP contribution in [0.3, 0.4) is 0 Å². The van der Waals surface area contributed by atoms with Gasteiger partial charge in [0, 0.05) is 10.6 Å². The third-order valence-electron chi connectivity index (χ3n) is 4.14. The first kappa shape index (κ1) is 17.3. The maximum absolute atomic E-state index is 12.7. The summed E-state index contributed by atoms with van der Waals surface area (Å²) < 4.78 is 11.1. The summed E-state index contributed by atoms with van der Waals surface area (Å²) in [5, 5.41) is 0.558. The molecule has 2 aromatic rings. The number of anilines is 1. The van der Waals surface area contributed by atoms with E-state index in [-0.39, 0.29) is 18.2 Å². The van der Waals surface area contributed by atoms with E-state index < -0.39 is 6.10 Å². The number of fused-ring (bicyclic) bond motifs is 1. The number of carbonyl (C=O) groups excluding carboxylic acids is 2. The fraction of sp³-hybridized carbons (Fsp3) is 0.263. The van der Waals surface area contributed by atoms with Crippen molar-refractivity contribution in [3.63, 3.8) is 0 Å². The lowest BCUT2D eigenvalue weighted by molar-refractivity contribution is -0.125. The largest absolute Gasteiger partial charge is 0.496 e. The minimum atomic E-state index is -0.682. The van der Waals surface area contributed by atoms with Gasteiger partial charge in [-0.15, -0.1) is 0 Å². The van der Waals surface area contributed by atoms with E-state index in [1.165, 1.54) is 6.92 Å². The predicted molar refractivity (Wildman–Crippen MR) is 95.7 cm³/mol. The number of ketones is 1. The number of nitrogens with zero attached hydrogens (tertiary/aromatic N) is 1. The summed E-state index contributed by atoms with van der Waals surface area (Å²) in [5.74, 6) is 0.776. The Hall–Kier alpha value is -2.53. The molecule has 0 aliphatic carbocycles. The topological polar surface area (TPSA) is 55.8 Å². The molecule has 1 heterocycles. The molecule has 2 aromatic carbocycles. The standard InChI is InChI=1S/C19H18ClNO4/c1-11(22)15-5-4-6-16-18(15)25-12(2)19(23)21(16)10-13-9-14(20)7-8-17(13)24-3/h4-9,12H,10H2,1-3H3. The summed E-state index contributed by atoms with van der Waals surface area (Å²) in [7, 11) is 1.57. The summed E-state index contributed by atoms with van der Waals surface area (Å²) in [6.07, 6.45) is -0.682. The van der Waals surface area contributed by atoms with E-state index in [4.69, 9.17) is 21.1 Å². The van der Waals surface area contributed by atoms with Crippen molar-refractivity contribution in [1.29, 1.82) is 0 Å². The first-order valence-corrected chi connectivity index (χ1v) is 8.24. The molecule has 6 heteroatoms. The molecule has 25 heavy (non-hydrogen) atoms. The maximum atomic E-state index is 12.7. The van der Waals surface area contributed by atoms with Crippen molar-refractivity contribution < 1.29 is 19.1 Å². The van der Waals surface area contributed by atoms with E-state index in [1.807, 2.05) is 0 Å². The molecule has 5 nitrogen and oxygen atoms in total. The van der Waals surface area contributed by atoms with Crippen LogP contribution in [0.15, 0.2) is 36.4 Å². The highest BCUT2D eigenvalue weighted by Gasteiger charge is 2.34. The molecule has 1 atom stereocenters. The molecule has 3 rings (SSSR count). The zero-order chi connectivity index (χ0) is 18.1. The van der Waals surface area contributed by atoms with Gasteiger partial charge in [0.05, 0.1) is 24.9 Å². The van der Waals surface area contributed by atoms with Gasteiger partial charge in [0.15, 0.2) is 17.6 Å². The van der Waals surface area contributed by atoms with Crippen LogP contribution in [0.25, 0.3) is 0 Å². The lowest BCUT2D eigenvalue weighted by atomic mass is 10.0. The van der Waals surface area contributed by atoms with Crippen LogP contribution in [0.4, 0.5) is 5.69 Å². The highest BCUT2D eigenvalue weighted by molar-refractivity contribution is 6.30. The third-order valence-corrected chi connectivity index (χ3v) is 4.38. The minimum Gasteiger partial charge on any atom is -0.496 e. The van der Waals surface area contributed by atoms with Crippen LogP contribution < -0.4 is 14.4 Å². The number of hydrogen-bond acceptors (Lipinski definition) is 4. The molecular weight excluding hydrogens is 342 g/mol. The van der Waals surface area contributed by atoms with Crippen LogP contribution in [0.2, 0.25) is 5.02 Å². The van der Waals surface area contributed by atoms with Crippen LogP contribution in [0, 0.1) is 0 Å². The first-order valence-electron chi connectivity index (χ1n) is 7.86. The number of para-hydroxylation sites is 1. The van der Waals surface area contributed by atoms with Gasteiger partial charge >= 0.3 is 0 Å². The molecule has 0 aromatic heterocycles. The highest BCUT2D eigenvalue weighted by atomic mass is 35.5. The summed E-state index contributed by atoms with van der Waals surface area (Å²) in [6.45, 7) is 3.42. The molecule has 1 unspecified atom stereocenters. The number of rotatable bonds is 4. The van der Waals surface area contributed by atoms with Crippen LogP contribution in [-0.4, -0.2) is 24.9 Å². The molecule has 0 N–H and O–H groups in total. The van der Waals surface area contributed by atoms with E-state index in [0.717, 1.165) is 5.56 Å². The van der Waals surface area contributed by atoms with Crippen LogP contribution in [-0.2, 0) is 11.3 Å². The molecule has 0 bridgehead atoms. The van der Waals surface area contributed by atoms with Gasteiger partial charge in [-0.25, -0.2) is 0 Å². The van der Waals surface area contributed by atoms with Crippen molar-refractivity contribution in [3.8, 4) is 11.5 Å². The average molecular weight is 360 g/mol. The van der Waals surface area contributed by atoms with Crippen molar-refractivity contribution in [1.82, 2.24) is 0 Å². The smallest absolute Gasteiger partial charge is 0.268 e. The lowest BCUT2D eigenvalue weighted by Crippen LogP contribution is -2.44. The van der Waals surface area contributed by atoms with Crippen molar-refractivity contribution in [2.24, 2.45) is 0 Å². The molecule has 0 saturated heterocycles. The monoisotopic (exact) mass is 359 g/mol. The number of Topliss-reactive ketones (excluding diaryl/α,β-unsaturated/α-hetero) is 1. The van der Waals surface area contributed by atoms with Gasteiger partial charge in [-0.2, -0.15) is 0 Å². The molecular formula is C19H18ClNO4. The summed E-state index contributed by atoms with van der Waals surface area (Å²) in [6, 6.07) is 10.5. The van der Waals surface area contributed by atoms with Gasteiger partial charge in [0.1, 0.15) is 5.75 Å². The quantitative estimate of drug-likeness (QED) is 0.778. The molecule has 1 aliphatic rings. The van der Waals surface area contributed by atoms with Gasteiger partial charge in [-0.1, -0.05) is 17.7 Å². The number of ether oxygens (including phenoxy) is 2. The first-order chi connectivity index (χ1) is 11.9. The van der Waals surface area contributed by atoms with Crippen LogP contribution in [0.1, 0.15) is 29.8 Å². The second-order valence-electron chi connectivity index (χ2n) is 5.85. The van der Waals surface area contributed by atoms with Crippen molar-refractivity contribution in [2.45, 2.75) is 26.5 Å². The Morgan fingerprint density at radius 1 is 1.32 bits per heavy atom. The third kappa shape index (κ3) is 3.20. The number of halogens is 1. The van der Waals surface area contributed by atoms with E-state index in [9.17, 15) is 9.59 Å². The molecule has 1 aliphatic heterocycles. The molecule has 130 valence electrons. The number of carbonyl (C=O) groups is 2. The van der Waals surface area contributed by atoms with E-state index in [0.29, 0.717) is 27.8 Å². The van der Waals surface area contributed by atoms with Crippen molar-refractivity contribution in [3.05, 3.63) is 52.5 Å². The number of benzene rings is 2. The zero-order valence-electron chi connectivity index (χ0n) is 14.2. The Morgan fingerprint density at radius 2 is 2.08 bits per heavy atom. The molecule has 1 amide bonds. The second-order valence-corrected chi connectivity index (χ2v) is 6.29. The van der Waals surface area contributed by atoms with Gasteiger partial charge in [0.25, 0.3) is 5.91 Å². The van der Waals surface area contributed by atoms with E-state index in [2.05, 4.69) is 0 Å². The van der Waals surface area contributed by atoms with Gasteiger partial charge in [0.2, 0.25) is 0 Å². The highest BCUT2D eigenvalue weighted by Crippen LogP contribution is 2.39. The Labute approximate surface area is 151 Å². The van der Waals surface area contributed by atoms with Crippen molar-refractivity contribution >= 4 is 29.0 Å². The van der Waals surface area contributed by atoms with E-state index in [1.54, 1.807) is 55.3 Å².